The summed E-state index contributed by atoms with van der Waals surface area (Å²) in [5.41, 5.74) is 18.8. The van der Waals surface area contributed by atoms with Crippen LogP contribution in [0.5, 0.6) is 11.5 Å². The molecule has 0 aliphatic heterocycles. The van der Waals surface area contributed by atoms with Gasteiger partial charge in [0.05, 0.1) is 5.41 Å². The monoisotopic (exact) mass is 536 g/mol. The quantitative estimate of drug-likeness (QED) is 0.213. The first kappa shape index (κ1) is 25.3. The Hall–Kier alpha value is -4.64. The Kier molecular flexibility index (Phi) is 6.04. The van der Waals surface area contributed by atoms with Crippen LogP contribution in [0.4, 0.5) is 0 Å². The molecule has 0 aromatic heterocycles. The summed E-state index contributed by atoms with van der Waals surface area (Å²) in [6.07, 6.45) is -0.730. The van der Waals surface area contributed by atoms with Gasteiger partial charge in [-0.1, -0.05) is 84.9 Å². The number of rotatable bonds is 6. The van der Waals surface area contributed by atoms with Crippen molar-refractivity contribution in [3.05, 3.63) is 144 Å². The zero-order valence-corrected chi connectivity index (χ0v) is 23.2. The molecule has 0 spiro atoms. The third-order valence-corrected chi connectivity index (χ3v) is 8.09. The summed E-state index contributed by atoms with van der Waals surface area (Å²) in [6, 6.07) is 43.5. The lowest BCUT2D eigenvalue weighted by molar-refractivity contribution is 0.230. The van der Waals surface area contributed by atoms with Crippen LogP contribution in [0, 0.1) is 0 Å². The van der Waals surface area contributed by atoms with Crippen LogP contribution in [-0.4, -0.2) is 12.5 Å². The molecule has 6 aromatic carbocycles. The third-order valence-electron chi connectivity index (χ3n) is 8.09. The van der Waals surface area contributed by atoms with Crippen molar-refractivity contribution in [2.45, 2.75) is 31.7 Å². The van der Waals surface area contributed by atoms with E-state index in [1.165, 1.54) is 33.4 Å². The molecule has 0 radical (unpaired) electrons. The highest BCUT2D eigenvalue weighted by atomic mass is 16.5. The van der Waals surface area contributed by atoms with Gasteiger partial charge in [0.1, 0.15) is 24.0 Å². The van der Waals surface area contributed by atoms with E-state index in [4.69, 9.17) is 20.9 Å². The zero-order valence-electron chi connectivity index (χ0n) is 23.2. The molecule has 2 unspecified atom stereocenters. The minimum absolute atomic E-state index is 0.365. The molecule has 0 fully saturated rings. The van der Waals surface area contributed by atoms with Crippen molar-refractivity contribution < 1.29 is 9.47 Å². The average molecular weight is 537 g/mol. The van der Waals surface area contributed by atoms with Gasteiger partial charge in [-0.2, -0.15) is 0 Å². The highest BCUT2D eigenvalue weighted by Gasteiger charge is 2.46. The Balaban J connectivity index is 1.49. The van der Waals surface area contributed by atoms with Crippen LogP contribution in [0.25, 0.3) is 32.7 Å². The van der Waals surface area contributed by atoms with E-state index in [-0.39, 0.29) is 12.5 Å². The summed E-state index contributed by atoms with van der Waals surface area (Å²) in [5.74, 6) is 1.54. The number of fused-ring (bicyclic) bond motifs is 5. The largest absolute Gasteiger partial charge is 0.476 e. The molecule has 0 amide bonds. The highest BCUT2D eigenvalue weighted by Crippen LogP contribution is 2.56. The molecule has 0 saturated heterocycles. The average Bonchev–Trinajstić information content (AvgIpc) is 3.27. The van der Waals surface area contributed by atoms with Crippen molar-refractivity contribution in [3.63, 3.8) is 0 Å². The van der Waals surface area contributed by atoms with E-state index in [0.29, 0.717) is 0 Å². The van der Waals surface area contributed by atoms with Crippen LogP contribution < -0.4 is 20.9 Å². The molecular formula is C37H32N2O2. The van der Waals surface area contributed by atoms with Gasteiger partial charge < -0.3 is 9.47 Å². The summed E-state index contributed by atoms with van der Waals surface area (Å²) < 4.78 is 11.5. The van der Waals surface area contributed by atoms with Crippen molar-refractivity contribution in [3.8, 4) is 22.6 Å². The molecule has 4 heteroatoms. The predicted molar refractivity (Wildman–Crippen MR) is 167 cm³/mol. The van der Waals surface area contributed by atoms with Gasteiger partial charge >= 0.3 is 0 Å². The van der Waals surface area contributed by atoms with Gasteiger partial charge in [-0.15, -0.1) is 0 Å². The predicted octanol–water partition coefficient (Wildman–Crippen LogP) is 7.72. The second-order valence-corrected chi connectivity index (χ2v) is 10.9. The Labute approximate surface area is 240 Å². The van der Waals surface area contributed by atoms with E-state index in [1.807, 2.05) is 26.0 Å². The molecule has 0 heterocycles. The lowest BCUT2D eigenvalue weighted by Gasteiger charge is -2.34. The first-order chi connectivity index (χ1) is 19.9. The molecular weight excluding hydrogens is 504 g/mol. The molecule has 202 valence electrons. The number of ether oxygens (including phenoxy) is 2. The topological polar surface area (TPSA) is 70.5 Å². The van der Waals surface area contributed by atoms with Crippen LogP contribution in [0.15, 0.2) is 121 Å². The fourth-order valence-electron chi connectivity index (χ4n) is 6.51. The molecule has 4 N–H and O–H groups in total. The second-order valence-electron chi connectivity index (χ2n) is 10.9. The van der Waals surface area contributed by atoms with Crippen LogP contribution >= 0.6 is 0 Å². The zero-order chi connectivity index (χ0) is 28.1. The molecule has 0 saturated carbocycles. The third kappa shape index (κ3) is 4.15. The number of benzene rings is 6. The normalized spacial score (nSPS) is 14.8. The van der Waals surface area contributed by atoms with Crippen molar-refractivity contribution in [2.75, 3.05) is 0 Å². The summed E-state index contributed by atoms with van der Waals surface area (Å²) in [7, 11) is 0. The first-order valence-corrected chi connectivity index (χ1v) is 14.1. The van der Waals surface area contributed by atoms with Crippen LogP contribution in [0.2, 0.25) is 0 Å². The van der Waals surface area contributed by atoms with E-state index in [0.717, 1.165) is 33.0 Å². The molecule has 2 atom stereocenters. The lowest BCUT2D eigenvalue weighted by Crippen LogP contribution is -2.28. The Morgan fingerprint density at radius 1 is 0.488 bits per heavy atom. The van der Waals surface area contributed by atoms with Crippen molar-refractivity contribution >= 4 is 21.5 Å². The van der Waals surface area contributed by atoms with E-state index in [2.05, 4.69) is 109 Å². The highest BCUT2D eigenvalue weighted by molar-refractivity contribution is 5.92. The van der Waals surface area contributed by atoms with Crippen LogP contribution in [0.1, 0.15) is 36.1 Å². The smallest absolute Gasteiger partial charge is 0.144 e. The maximum Gasteiger partial charge on any atom is 0.144 e. The summed E-state index contributed by atoms with van der Waals surface area (Å²) in [4.78, 5) is 0. The Bertz CT molecular complexity index is 1780. The van der Waals surface area contributed by atoms with Crippen molar-refractivity contribution in [2.24, 2.45) is 11.5 Å². The van der Waals surface area contributed by atoms with Gasteiger partial charge in [0.2, 0.25) is 0 Å². The van der Waals surface area contributed by atoms with Gasteiger partial charge in [-0.25, -0.2) is 0 Å². The van der Waals surface area contributed by atoms with Crippen LogP contribution in [-0.2, 0) is 5.41 Å². The molecule has 0 bridgehead atoms. The summed E-state index contributed by atoms with van der Waals surface area (Å²) in [5, 5.41) is 4.53. The minimum Gasteiger partial charge on any atom is -0.476 e. The van der Waals surface area contributed by atoms with E-state index in [9.17, 15) is 0 Å². The maximum atomic E-state index is 5.88. The fraction of sp³-hybridized carbons (Fsp3) is 0.135. The molecule has 6 aromatic rings. The molecule has 7 rings (SSSR count). The SMILES string of the molecule is CC(N)Oc1ccc2cc(C3(c4ccc5cc(OC(C)N)ccc5c4)c4ccccc4-c4ccccc43)ccc2c1. The van der Waals surface area contributed by atoms with E-state index < -0.39 is 5.41 Å². The maximum absolute atomic E-state index is 5.88. The van der Waals surface area contributed by atoms with Gasteiger partial charge in [0.25, 0.3) is 0 Å². The Morgan fingerprint density at radius 3 is 1.32 bits per heavy atom. The van der Waals surface area contributed by atoms with Gasteiger partial charge in [-0.05, 0) is 105 Å². The van der Waals surface area contributed by atoms with Crippen molar-refractivity contribution in [1.82, 2.24) is 0 Å². The molecule has 1 aliphatic carbocycles. The molecule has 4 nitrogen and oxygen atoms in total. The Morgan fingerprint density at radius 2 is 0.878 bits per heavy atom. The number of hydrogen-bond donors (Lipinski definition) is 2. The second kappa shape index (κ2) is 9.77. The summed E-state index contributed by atoms with van der Waals surface area (Å²) >= 11 is 0. The first-order valence-electron chi connectivity index (χ1n) is 14.1. The fourth-order valence-corrected chi connectivity index (χ4v) is 6.51. The van der Waals surface area contributed by atoms with Gasteiger partial charge in [-0.3, -0.25) is 11.5 Å². The minimum atomic E-state index is -0.489. The van der Waals surface area contributed by atoms with Gasteiger partial charge in [0.15, 0.2) is 0 Å². The van der Waals surface area contributed by atoms with E-state index >= 15 is 0 Å². The number of nitrogens with two attached hydrogens (primary N) is 2. The van der Waals surface area contributed by atoms with Gasteiger partial charge in [0, 0.05) is 0 Å². The lowest BCUT2D eigenvalue weighted by atomic mass is 9.67. The number of hydrogen-bond acceptors (Lipinski definition) is 4. The van der Waals surface area contributed by atoms with Crippen molar-refractivity contribution in [1.29, 1.82) is 0 Å². The summed E-state index contributed by atoms with van der Waals surface area (Å²) in [6.45, 7) is 3.67. The van der Waals surface area contributed by atoms with E-state index in [1.54, 1.807) is 0 Å². The molecule has 41 heavy (non-hydrogen) atoms. The standard InChI is InChI=1S/C37H32N2O2/c1-23(38)40-31-17-13-25-19-29(15-11-27(25)21-31)37(35-9-5-3-7-33(35)34-8-4-6-10-36(34)37)30-16-12-28-22-32(41-24(2)39)18-14-26(28)20-30/h3-24H,38-39H2,1-2H3. The molecule has 1 aliphatic rings. The van der Waals surface area contributed by atoms with Crippen LogP contribution in [0.3, 0.4) is 0 Å².